The lowest BCUT2D eigenvalue weighted by Crippen LogP contribution is -2.45. The van der Waals surface area contributed by atoms with Gasteiger partial charge in [-0.3, -0.25) is 9.69 Å². The fraction of sp³-hybridized carbons (Fsp3) is 0.571. The van der Waals surface area contributed by atoms with Crippen molar-refractivity contribution in [1.82, 2.24) is 9.80 Å². The maximum atomic E-state index is 13.2. The third-order valence-electron chi connectivity index (χ3n) is 5.49. The highest BCUT2D eigenvalue weighted by atomic mass is 16.5. The van der Waals surface area contributed by atoms with Gasteiger partial charge in [-0.1, -0.05) is 12.1 Å². The first-order valence-electron chi connectivity index (χ1n) is 9.82. The Kier molecular flexibility index (Phi) is 5.48. The molecule has 2 aliphatic rings. The third-order valence-corrected chi connectivity index (χ3v) is 5.49. The van der Waals surface area contributed by atoms with Gasteiger partial charge in [0.2, 0.25) is 0 Å². The number of nitrogens with zero attached hydrogens (tertiary/aromatic N) is 2. The minimum Gasteiger partial charge on any atom is -0.451 e. The molecule has 6 nitrogen and oxygen atoms in total. The monoisotopic (exact) mass is 372 g/mol. The SMILES string of the molecule is Cc1ccc2c(C)c(C(=O)N3CCCO[C@@H](CN4CCOCC4)C3)oc2c1. The zero-order valence-electron chi connectivity index (χ0n) is 16.2. The van der Waals surface area contributed by atoms with Gasteiger partial charge in [0.25, 0.3) is 5.91 Å². The van der Waals surface area contributed by atoms with Gasteiger partial charge in [0, 0.05) is 50.3 Å². The molecule has 2 saturated heterocycles. The molecule has 1 aromatic heterocycles. The van der Waals surface area contributed by atoms with Crippen LogP contribution in [0, 0.1) is 13.8 Å². The van der Waals surface area contributed by atoms with Crippen molar-refractivity contribution in [3.63, 3.8) is 0 Å². The number of rotatable bonds is 3. The van der Waals surface area contributed by atoms with E-state index in [1.54, 1.807) is 0 Å². The van der Waals surface area contributed by atoms with Crippen molar-refractivity contribution in [2.45, 2.75) is 26.4 Å². The van der Waals surface area contributed by atoms with Crippen LogP contribution in [0.15, 0.2) is 22.6 Å². The predicted molar refractivity (Wildman–Crippen MR) is 103 cm³/mol. The maximum absolute atomic E-state index is 13.2. The van der Waals surface area contributed by atoms with E-state index in [2.05, 4.69) is 11.0 Å². The average Bonchev–Trinajstić information content (AvgIpc) is 2.84. The molecule has 0 unspecified atom stereocenters. The van der Waals surface area contributed by atoms with Gasteiger partial charge in [-0.05, 0) is 31.9 Å². The van der Waals surface area contributed by atoms with E-state index in [1.165, 1.54) is 0 Å². The number of morpholine rings is 1. The molecule has 0 radical (unpaired) electrons. The molecule has 2 aliphatic heterocycles. The number of hydrogen-bond acceptors (Lipinski definition) is 5. The largest absolute Gasteiger partial charge is 0.451 e. The number of carbonyl (C=O) groups excluding carboxylic acids is 1. The first-order chi connectivity index (χ1) is 13.1. The standard InChI is InChI=1S/C21H28N2O4/c1-15-4-5-18-16(2)20(27-19(18)12-15)21(24)23-6-3-9-26-17(14-23)13-22-7-10-25-11-8-22/h4-5,12,17H,3,6-11,13-14H2,1-2H3/t17-/m0/s1. The van der Waals surface area contributed by atoms with Crippen LogP contribution >= 0.6 is 0 Å². The molecule has 0 bridgehead atoms. The van der Waals surface area contributed by atoms with Crippen molar-refractivity contribution >= 4 is 16.9 Å². The molecule has 27 heavy (non-hydrogen) atoms. The lowest BCUT2D eigenvalue weighted by atomic mass is 10.1. The number of carbonyl (C=O) groups is 1. The van der Waals surface area contributed by atoms with Crippen molar-refractivity contribution in [1.29, 1.82) is 0 Å². The second kappa shape index (κ2) is 8.00. The van der Waals surface area contributed by atoms with Gasteiger partial charge >= 0.3 is 0 Å². The van der Waals surface area contributed by atoms with Crippen LogP contribution in [0.5, 0.6) is 0 Å². The summed E-state index contributed by atoms with van der Waals surface area (Å²) in [5, 5.41) is 1.01. The van der Waals surface area contributed by atoms with Crippen molar-refractivity contribution in [3.05, 3.63) is 35.1 Å². The van der Waals surface area contributed by atoms with Gasteiger partial charge < -0.3 is 18.8 Å². The van der Waals surface area contributed by atoms with E-state index in [-0.39, 0.29) is 12.0 Å². The Balaban J connectivity index is 1.50. The van der Waals surface area contributed by atoms with Crippen LogP contribution in [-0.2, 0) is 9.47 Å². The number of aryl methyl sites for hydroxylation is 2. The Hall–Kier alpha value is -1.89. The molecule has 4 rings (SSSR count). The van der Waals surface area contributed by atoms with E-state index < -0.39 is 0 Å². The maximum Gasteiger partial charge on any atom is 0.289 e. The van der Waals surface area contributed by atoms with E-state index in [1.807, 2.05) is 30.9 Å². The number of hydrogen-bond donors (Lipinski definition) is 0. The number of benzene rings is 1. The molecule has 2 aromatic rings. The van der Waals surface area contributed by atoms with Crippen LogP contribution in [0.3, 0.4) is 0 Å². The molecule has 2 fully saturated rings. The van der Waals surface area contributed by atoms with Crippen LogP contribution < -0.4 is 0 Å². The summed E-state index contributed by atoms with van der Waals surface area (Å²) in [4.78, 5) is 17.5. The summed E-state index contributed by atoms with van der Waals surface area (Å²) < 4.78 is 17.4. The molecule has 1 amide bonds. The summed E-state index contributed by atoms with van der Waals surface area (Å²) in [5.41, 5.74) is 2.83. The van der Waals surface area contributed by atoms with Gasteiger partial charge in [-0.15, -0.1) is 0 Å². The Labute approximate surface area is 160 Å². The van der Waals surface area contributed by atoms with Gasteiger partial charge in [-0.25, -0.2) is 0 Å². The van der Waals surface area contributed by atoms with Gasteiger partial charge in [0.15, 0.2) is 5.76 Å². The summed E-state index contributed by atoms with van der Waals surface area (Å²) in [6.45, 7) is 10.2. The average molecular weight is 372 g/mol. The molecule has 0 N–H and O–H groups in total. The van der Waals surface area contributed by atoms with E-state index in [4.69, 9.17) is 13.9 Å². The Morgan fingerprint density at radius 2 is 1.96 bits per heavy atom. The van der Waals surface area contributed by atoms with Crippen molar-refractivity contribution in [3.8, 4) is 0 Å². The van der Waals surface area contributed by atoms with E-state index >= 15 is 0 Å². The lowest BCUT2D eigenvalue weighted by Gasteiger charge is -2.31. The van der Waals surface area contributed by atoms with Crippen LogP contribution in [0.25, 0.3) is 11.0 Å². The van der Waals surface area contributed by atoms with Gasteiger partial charge in [0.05, 0.1) is 19.3 Å². The lowest BCUT2D eigenvalue weighted by molar-refractivity contribution is -0.0113. The highest BCUT2D eigenvalue weighted by Gasteiger charge is 2.28. The zero-order chi connectivity index (χ0) is 18.8. The second-order valence-corrected chi connectivity index (χ2v) is 7.57. The van der Waals surface area contributed by atoms with Crippen LogP contribution in [0.1, 0.15) is 28.1 Å². The minimum absolute atomic E-state index is 0.0289. The quantitative estimate of drug-likeness (QED) is 0.829. The molecule has 0 spiro atoms. The molecule has 3 heterocycles. The highest BCUT2D eigenvalue weighted by Crippen LogP contribution is 2.27. The van der Waals surface area contributed by atoms with E-state index in [9.17, 15) is 4.79 Å². The highest BCUT2D eigenvalue weighted by molar-refractivity contribution is 5.99. The summed E-state index contributed by atoms with van der Waals surface area (Å²) in [7, 11) is 0. The van der Waals surface area contributed by atoms with Crippen molar-refractivity contribution < 1.29 is 18.7 Å². The first-order valence-corrected chi connectivity index (χ1v) is 9.82. The number of ether oxygens (including phenoxy) is 2. The number of furan rings is 1. The summed E-state index contributed by atoms with van der Waals surface area (Å²) in [6.07, 6.45) is 0.880. The van der Waals surface area contributed by atoms with Gasteiger partial charge in [0.1, 0.15) is 5.58 Å². The topological polar surface area (TPSA) is 55.2 Å². The second-order valence-electron chi connectivity index (χ2n) is 7.57. The van der Waals surface area contributed by atoms with Crippen molar-refractivity contribution in [2.24, 2.45) is 0 Å². The van der Waals surface area contributed by atoms with Crippen molar-refractivity contribution in [2.75, 3.05) is 52.5 Å². The summed E-state index contributed by atoms with van der Waals surface area (Å²) >= 11 is 0. The molecular weight excluding hydrogens is 344 g/mol. The van der Waals surface area contributed by atoms with Gasteiger partial charge in [-0.2, -0.15) is 0 Å². The van der Waals surface area contributed by atoms with Crippen LogP contribution in [0.2, 0.25) is 0 Å². The predicted octanol–water partition coefficient (Wildman–Crippen LogP) is 2.61. The smallest absolute Gasteiger partial charge is 0.289 e. The number of fused-ring (bicyclic) bond motifs is 1. The molecule has 0 saturated carbocycles. The molecule has 1 atom stereocenters. The molecule has 0 aliphatic carbocycles. The zero-order valence-corrected chi connectivity index (χ0v) is 16.2. The Morgan fingerprint density at radius 3 is 2.78 bits per heavy atom. The van der Waals surface area contributed by atoms with E-state index in [0.29, 0.717) is 25.5 Å². The van der Waals surface area contributed by atoms with Crippen LogP contribution in [-0.4, -0.2) is 74.4 Å². The third kappa shape index (κ3) is 4.03. The molecular formula is C21H28N2O4. The molecule has 146 valence electrons. The summed E-state index contributed by atoms with van der Waals surface area (Å²) in [6, 6.07) is 6.08. The molecule has 1 aromatic carbocycles. The fourth-order valence-electron chi connectivity index (χ4n) is 3.94. The molecule has 6 heteroatoms. The minimum atomic E-state index is -0.0289. The Morgan fingerprint density at radius 1 is 1.15 bits per heavy atom. The summed E-state index contributed by atoms with van der Waals surface area (Å²) in [5.74, 6) is 0.432. The Bertz CT molecular complexity index is 810. The fourth-order valence-corrected chi connectivity index (χ4v) is 3.94. The normalized spacial score (nSPS) is 22.1. The first kappa shape index (κ1) is 18.5. The number of amides is 1. The van der Waals surface area contributed by atoms with E-state index in [0.717, 1.165) is 61.4 Å². The van der Waals surface area contributed by atoms with Crippen LogP contribution in [0.4, 0.5) is 0 Å².